The summed E-state index contributed by atoms with van der Waals surface area (Å²) in [5.41, 5.74) is 2.00. The first-order valence-electron chi connectivity index (χ1n) is 11.4. The fourth-order valence-electron chi connectivity index (χ4n) is 3.72. The zero-order valence-electron chi connectivity index (χ0n) is 19.3. The van der Waals surface area contributed by atoms with Crippen molar-refractivity contribution < 1.29 is 14.3 Å². The first-order chi connectivity index (χ1) is 15.6. The number of aryl methyl sites for hydroxylation is 1. The smallest absolute Gasteiger partial charge is 0.305 e. The van der Waals surface area contributed by atoms with Gasteiger partial charge in [-0.2, -0.15) is 0 Å². The van der Waals surface area contributed by atoms with Crippen molar-refractivity contribution >= 4 is 28.4 Å². The lowest BCUT2D eigenvalue weighted by Crippen LogP contribution is -2.13. The normalized spacial score (nSPS) is 10.8. The molecule has 0 unspecified atom stereocenters. The Morgan fingerprint density at radius 1 is 0.938 bits per heavy atom. The minimum absolute atomic E-state index is 0.0921. The summed E-state index contributed by atoms with van der Waals surface area (Å²) in [5.74, 6) is 2.51. The van der Waals surface area contributed by atoms with Crippen molar-refractivity contribution in [2.75, 3.05) is 25.7 Å². The average Bonchev–Trinajstić information content (AvgIpc) is 2.82. The van der Waals surface area contributed by atoms with E-state index < -0.39 is 0 Å². The molecule has 3 rings (SSSR count). The van der Waals surface area contributed by atoms with Gasteiger partial charge in [0.1, 0.15) is 17.4 Å². The molecule has 0 aliphatic rings. The Morgan fingerprint density at radius 2 is 1.66 bits per heavy atom. The quantitative estimate of drug-likeness (QED) is 0.263. The summed E-state index contributed by atoms with van der Waals surface area (Å²) >= 11 is 0. The Morgan fingerprint density at radius 3 is 2.41 bits per heavy atom. The van der Waals surface area contributed by atoms with Gasteiger partial charge >= 0.3 is 5.97 Å². The van der Waals surface area contributed by atoms with Crippen LogP contribution in [0.3, 0.4) is 0 Å². The molecule has 1 aromatic heterocycles. The van der Waals surface area contributed by atoms with Gasteiger partial charge in [-0.1, -0.05) is 31.4 Å². The summed E-state index contributed by atoms with van der Waals surface area (Å²) in [7, 11) is 3.70. The van der Waals surface area contributed by atoms with Gasteiger partial charge in [-0.05, 0) is 56.2 Å². The minimum atomic E-state index is -0.0921. The van der Waals surface area contributed by atoms with E-state index in [0.717, 1.165) is 72.5 Å². The fraction of sp³-hybridized carbons (Fsp3) is 0.423. The highest BCUT2D eigenvalue weighted by molar-refractivity contribution is 5.91. The summed E-state index contributed by atoms with van der Waals surface area (Å²) in [6.07, 6.45) is 6.53. The van der Waals surface area contributed by atoms with Crippen LogP contribution in [0.2, 0.25) is 0 Å². The highest BCUT2D eigenvalue weighted by atomic mass is 16.5. The van der Waals surface area contributed by atoms with Crippen LogP contribution < -0.4 is 9.64 Å². The molecule has 0 N–H and O–H groups in total. The fourth-order valence-corrected chi connectivity index (χ4v) is 3.72. The van der Waals surface area contributed by atoms with E-state index in [1.54, 1.807) is 7.11 Å². The summed E-state index contributed by atoms with van der Waals surface area (Å²) in [5, 5.41) is 1.04. The molecular weight excluding hydrogens is 402 g/mol. The molecule has 0 amide bonds. The van der Waals surface area contributed by atoms with E-state index in [4.69, 9.17) is 19.4 Å². The average molecular weight is 436 g/mol. The number of unbranched alkanes of at least 4 members (excludes halogenated alkanes) is 4. The second-order valence-electron chi connectivity index (χ2n) is 7.81. The predicted octanol–water partition coefficient (Wildman–Crippen LogP) is 5.85. The van der Waals surface area contributed by atoms with Gasteiger partial charge in [0, 0.05) is 31.0 Å². The molecule has 0 saturated carbocycles. The number of methoxy groups -OCH3 is 1. The Bertz CT molecular complexity index is 1000. The molecule has 0 aliphatic carbocycles. The molecule has 0 radical (unpaired) electrons. The molecule has 0 aliphatic heterocycles. The van der Waals surface area contributed by atoms with Crippen LogP contribution in [0, 0.1) is 0 Å². The van der Waals surface area contributed by atoms with Crippen molar-refractivity contribution in [2.45, 2.75) is 51.9 Å². The monoisotopic (exact) mass is 435 g/mol. The van der Waals surface area contributed by atoms with Crippen molar-refractivity contribution in [1.29, 1.82) is 0 Å². The van der Waals surface area contributed by atoms with Crippen LogP contribution in [0.15, 0.2) is 48.5 Å². The molecule has 2 aromatic carbocycles. The van der Waals surface area contributed by atoms with Gasteiger partial charge in [-0.3, -0.25) is 4.79 Å². The van der Waals surface area contributed by atoms with E-state index in [9.17, 15) is 4.79 Å². The van der Waals surface area contributed by atoms with Gasteiger partial charge in [-0.25, -0.2) is 9.97 Å². The maximum atomic E-state index is 11.4. The molecule has 32 heavy (non-hydrogen) atoms. The summed E-state index contributed by atoms with van der Waals surface area (Å²) in [6.45, 7) is 2.30. The number of aromatic nitrogens is 2. The van der Waals surface area contributed by atoms with E-state index in [1.165, 1.54) is 0 Å². The Labute approximate surface area is 190 Å². The summed E-state index contributed by atoms with van der Waals surface area (Å²) in [4.78, 5) is 23.2. The molecule has 3 aromatic rings. The Hall–Kier alpha value is -3.15. The number of esters is 1. The maximum Gasteiger partial charge on any atom is 0.305 e. The number of hydrogen-bond donors (Lipinski definition) is 0. The molecule has 1 heterocycles. The van der Waals surface area contributed by atoms with Gasteiger partial charge in [0.2, 0.25) is 0 Å². The van der Waals surface area contributed by atoms with Crippen molar-refractivity contribution in [1.82, 2.24) is 9.97 Å². The second-order valence-corrected chi connectivity index (χ2v) is 7.81. The molecule has 6 heteroatoms. The predicted molar refractivity (Wildman–Crippen MR) is 129 cm³/mol. The lowest BCUT2D eigenvalue weighted by Gasteiger charge is -2.21. The Balaban J connectivity index is 1.62. The van der Waals surface area contributed by atoms with E-state index in [2.05, 4.69) is 11.0 Å². The summed E-state index contributed by atoms with van der Waals surface area (Å²) in [6, 6.07) is 16.1. The molecule has 0 atom stereocenters. The molecule has 6 nitrogen and oxygen atoms in total. The van der Waals surface area contributed by atoms with Crippen molar-refractivity contribution in [3.05, 3.63) is 54.4 Å². The summed E-state index contributed by atoms with van der Waals surface area (Å²) < 4.78 is 10.2. The van der Waals surface area contributed by atoms with E-state index >= 15 is 0 Å². The van der Waals surface area contributed by atoms with Gasteiger partial charge < -0.3 is 14.4 Å². The number of para-hydroxylation sites is 1. The molecule has 170 valence electrons. The highest BCUT2D eigenvalue weighted by Crippen LogP contribution is 2.30. The van der Waals surface area contributed by atoms with Gasteiger partial charge in [0.25, 0.3) is 0 Å². The number of carbonyl (C=O) groups is 1. The van der Waals surface area contributed by atoms with Gasteiger partial charge in [-0.15, -0.1) is 0 Å². The zero-order valence-corrected chi connectivity index (χ0v) is 19.3. The number of nitrogens with zero attached hydrogens (tertiary/aromatic N) is 3. The molecule has 0 spiro atoms. The van der Waals surface area contributed by atoms with Crippen molar-refractivity contribution in [3.8, 4) is 5.75 Å². The third-order valence-corrected chi connectivity index (χ3v) is 5.49. The third kappa shape index (κ3) is 6.42. The number of fused-ring (bicyclic) bond motifs is 1. The van der Waals surface area contributed by atoms with Crippen LogP contribution in [0.25, 0.3) is 10.9 Å². The van der Waals surface area contributed by atoms with Crippen molar-refractivity contribution in [2.24, 2.45) is 0 Å². The molecular formula is C26H33N3O3. The van der Waals surface area contributed by atoms with E-state index in [-0.39, 0.29) is 5.97 Å². The topological polar surface area (TPSA) is 64.5 Å². The maximum absolute atomic E-state index is 11.4. The minimum Gasteiger partial charge on any atom is -0.497 e. The highest BCUT2D eigenvalue weighted by Gasteiger charge is 2.13. The van der Waals surface area contributed by atoms with Gasteiger partial charge in [0.05, 0.1) is 19.2 Å². The largest absolute Gasteiger partial charge is 0.497 e. The standard InChI is InChI=1S/C26H33N3O3/c1-4-32-25(30)15-9-7-5-6-8-14-24-27-23-13-11-10-12-22(23)26(28-24)29(2)20-16-18-21(31-3)19-17-20/h10-13,16-19H,4-9,14-15H2,1-3H3. The molecule has 0 bridgehead atoms. The van der Waals surface area contributed by atoms with Crippen LogP contribution in [0.4, 0.5) is 11.5 Å². The second kappa shape index (κ2) is 12.0. The first kappa shape index (κ1) is 23.5. The van der Waals surface area contributed by atoms with E-state index in [0.29, 0.717) is 13.0 Å². The van der Waals surface area contributed by atoms with Crippen LogP contribution in [-0.4, -0.2) is 36.7 Å². The van der Waals surface area contributed by atoms with Crippen LogP contribution in [-0.2, 0) is 16.0 Å². The molecule has 0 saturated heterocycles. The molecule has 0 fully saturated rings. The van der Waals surface area contributed by atoms with Crippen LogP contribution in [0.5, 0.6) is 5.75 Å². The third-order valence-electron chi connectivity index (χ3n) is 5.49. The number of carbonyl (C=O) groups excluding carboxylic acids is 1. The van der Waals surface area contributed by atoms with E-state index in [1.807, 2.05) is 56.4 Å². The SMILES string of the molecule is CCOC(=O)CCCCCCCc1nc(N(C)c2ccc(OC)cc2)c2ccccc2n1. The van der Waals surface area contributed by atoms with Crippen molar-refractivity contribution in [3.63, 3.8) is 0 Å². The number of benzene rings is 2. The Kier molecular flexibility index (Phi) is 8.84. The zero-order chi connectivity index (χ0) is 22.8. The number of anilines is 2. The first-order valence-corrected chi connectivity index (χ1v) is 11.4. The lowest BCUT2D eigenvalue weighted by molar-refractivity contribution is -0.143. The number of hydrogen-bond acceptors (Lipinski definition) is 6. The lowest BCUT2D eigenvalue weighted by atomic mass is 10.1. The number of rotatable bonds is 12. The number of ether oxygens (including phenoxy) is 2. The van der Waals surface area contributed by atoms with Gasteiger partial charge in [0.15, 0.2) is 0 Å². The van der Waals surface area contributed by atoms with Crippen LogP contribution in [0.1, 0.15) is 51.3 Å². The van der Waals surface area contributed by atoms with Crippen LogP contribution >= 0.6 is 0 Å².